The Morgan fingerprint density at radius 1 is 1.06 bits per heavy atom. The highest BCUT2D eigenvalue weighted by Gasteiger charge is 2.65. The minimum Gasteiger partial charge on any atom is -0.550 e. The zero-order valence-corrected chi connectivity index (χ0v) is 9.77. The van der Waals surface area contributed by atoms with E-state index in [0.717, 1.165) is 13.8 Å². The van der Waals surface area contributed by atoms with Crippen LogP contribution < -0.4 is 10.2 Å². The van der Waals surface area contributed by atoms with E-state index in [2.05, 4.69) is 0 Å². The molecular weight excluding hydrogens is 260 g/mol. The average Bonchev–Trinajstić information content (AvgIpc) is 2.15. The fourth-order valence-corrected chi connectivity index (χ4v) is 1.38. The van der Waals surface area contributed by atoms with Gasteiger partial charge in [0.15, 0.2) is 0 Å². The molecule has 0 aliphatic carbocycles. The van der Waals surface area contributed by atoms with Crippen molar-refractivity contribution in [3.8, 4) is 0 Å². The molecule has 0 saturated carbocycles. The van der Waals surface area contributed by atoms with Crippen LogP contribution in [-0.2, 0) is 9.59 Å². The molecule has 0 amide bonds. The van der Waals surface area contributed by atoms with Crippen molar-refractivity contribution in [2.75, 3.05) is 0 Å². The van der Waals surface area contributed by atoms with Gasteiger partial charge in [0.25, 0.3) is 0 Å². The SMILES string of the molecule is CC(C)(CCCC(=O)[O-])C(F)(F)C(F)(F)C(=O)[O-]. The first-order chi connectivity index (χ1) is 7.86. The van der Waals surface area contributed by atoms with Crippen LogP contribution in [0, 0.1) is 5.41 Å². The van der Waals surface area contributed by atoms with E-state index in [-0.39, 0.29) is 6.42 Å². The molecule has 0 aromatic heterocycles. The van der Waals surface area contributed by atoms with Crippen LogP contribution >= 0.6 is 0 Å². The van der Waals surface area contributed by atoms with E-state index in [1.54, 1.807) is 0 Å². The molecule has 8 heteroatoms. The van der Waals surface area contributed by atoms with Gasteiger partial charge in [-0.05, 0) is 19.3 Å². The Morgan fingerprint density at radius 2 is 1.50 bits per heavy atom. The smallest absolute Gasteiger partial charge is 0.349 e. The van der Waals surface area contributed by atoms with Crippen LogP contribution in [0.3, 0.4) is 0 Å². The fraction of sp³-hybridized carbons (Fsp3) is 0.800. The molecule has 0 radical (unpaired) electrons. The van der Waals surface area contributed by atoms with E-state index in [4.69, 9.17) is 0 Å². The second-order valence-electron chi connectivity index (χ2n) is 4.55. The number of carbonyl (C=O) groups excluding carboxylic acids is 2. The third-order valence-electron chi connectivity index (χ3n) is 2.68. The Kier molecular flexibility index (Phi) is 4.73. The highest BCUT2D eigenvalue weighted by molar-refractivity contribution is 5.74. The van der Waals surface area contributed by atoms with E-state index < -0.39 is 42.0 Å². The molecule has 0 rings (SSSR count). The van der Waals surface area contributed by atoms with Gasteiger partial charge in [-0.25, -0.2) is 0 Å². The van der Waals surface area contributed by atoms with Gasteiger partial charge in [0.1, 0.15) is 5.97 Å². The number of hydrogen-bond donors (Lipinski definition) is 0. The van der Waals surface area contributed by atoms with Crippen molar-refractivity contribution in [3.63, 3.8) is 0 Å². The number of hydrogen-bond acceptors (Lipinski definition) is 4. The second-order valence-corrected chi connectivity index (χ2v) is 4.55. The first-order valence-corrected chi connectivity index (χ1v) is 5.03. The lowest BCUT2D eigenvalue weighted by molar-refractivity contribution is -0.358. The largest absolute Gasteiger partial charge is 0.550 e. The molecular formula is C10H12F4O4-2. The molecule has 0 N–H and O–H groups in total. The molecule has 0 fully saturated rings. The quantitative estimate of drug-likeness (QED) is 0.609. The summed E-state index contributed by atoms with van der Waals surface area (Å²) in [5.74, 6) is -14.8. The number of carboxylic acid groups (broad SMARTS) is 2. The Morgan fingerprint density at radius 3 is 1.83 bits per heavy atom. The maximum atomic E-state index is 13.4. The topological polar surface area (TPSA) is 80.3 Å². The molecule has 4 nitrogen and oxygen atoms in total. The summed E-state index contributed by atoms with van der Waals surface area (Å²) in [5, 5.41) is 20.1. The minimum absolute atomic E-state index is 0.325. The van der Waals surface area contributed by atoms with Crippen LogP contribution in [0.15, 0.2) is 0 Å². The zero-order valence-electron chi connectivity index (χ0n) is 9.77. The monoisotopic (exact) mass is 272 g/mol. The van der Waals surface area contributed by atoms with Crippen molar-refractivity contribution in [1.82, 2.24) is 0 Å². The summed E-state index contributed by atoms with van der Waals surface area (Å²) in [6.07, 6.45) is -1.50. The lowest BCUT2D eigenvalue weighted by atomic mass is 9.77. The Hall–Kier alpha value is -1.34. The summed E-state index contributed by atoms with van der Waals surface area (Å²) in [5.41, 5.74) is -2.40. The molecule has 0 saturated heterocycles. The van der Waals surface area contributed by atoms with Crippen molar-refractivity contribution in [1.29, 1.82) is 0 Å². The Labute approximate surface area is 101 Å². The van der Waals surface area contributed by atoms with Gasteiger partial charge < -0.3 is 19.8 Å². The highest BCUT2D eigenvalue weighted by atomic mass is 19.3. The lowest BCUT2D eigenvalue weighted by Crippen LogP contribution is -2.59. The van der Waals surface area contributed by atoms with Gasteiger partial charge >= 0.3 is 11.8 Å². The van der Waals surface area contributed by atoms with Gasteiger partial charge in [0.05, 0.1) is 0 Å². The molecule has 0 heterocycles. The van der Waals surface area contributed by atoms with Crippen LogP contribution in [0.4, 0.5) is 17.6 Å². The maximum absolute atomic E-state index is 13.4. The molecule has 0 aliphatic heterocycles. The van der Waals surface area contributed by atoms with Gasteiger partial charge in [-0.1, -0.05) is 13.8 Å². The third kappa shape index (κ3) is 3.11. The summed E-state index contributed by atoms with van der Waals surface area (Å²) in [6, 6.07) is 0. The fourth-order valence-electron chi connectivity index (χ4n) is 1.38. The minimum atomic E-state index is -5.32. The molecule has 0 unspecified atom stereocenters. The molecule has 18 heavy (non-hydrogen) atoms. The molecule has 0 atom stereocenters. The summed E-state index contributed by atoms with van der Waals surface area (Å²) < 4.78 is 52.6. The summed E-state index contributed by atoms with van der Waals surface area (Å²) in [4.78, 5) is 20.1. The van der Waals surface area contributed by atoms with Gasteiger partial charge in [0, 0.05) is 11.4 Å². The summed E-state index contributed by atoms with van der Waals surface area (Å²) in [6.45, 7) is 1.47. The molecule has 0 aromatic rings. The average molecular weight is 272 g/mol. The molecule has 0 bridgehead atoms. The van der Waals surface area contributed by atoms with Crippen LogP contribution in [0.25, 0.3) is 0 Å². The zero-order chi connectivity index (χ0) is 14.8. The van der Waals surface area contributed by atoms with E-state index in [9.17, 15) is 37.4 Å². The van der Waals surface area contributed by atoms with E-state index in [1.807, 2.05) is 0 Å². The van der Waals surface area contributed by atoms with Crippen molar-refractivity contribution in [2.45, 2.75) is 45.0 Å². The molecule has 106 valence electrons. The third-order valence-corrected chi connectivity index (χ3v) is 2.68. The summed E-state index contributed by atoms with van der Waals surface area (Å²) >= 11 is 0. The van der Waals surface area contributed by atoms with E-state index in [1.165, 1.54) is 0 Å². The van der Waals surface area contributed by atoms with Gasteiger partial charge in [-0.15, -0.1) is 0 Å². The summed E-state index contributed by atoms with van der Waals surface area (Å²) in [7, 11) is 0. The van der Waals surface area contributed by atoms with Crippen LogP contribution in [0.1, 0.15) is 33.1 Å². The number of alkyl halides is 4. The Balaban J connectivity index is 4.96. The van der Waals surface area contributed by atoms with E-state index in [0.29, 0.717) is 0 Å². The Bertz CT molecular complexity index is 339. The predicted molar refractivity (Wildman–Crippen MR) is 47.5 cm³/mol. The van der Waals surface area contributed by atoms with Gasteiger partial charge in [-0.2, -0.15) is 17.6 Å². The van der Waals surface area contributed by atoms with E-state index >= 15 is 0 Å². The lowest BCUT2D eigenvalue weighted by Gasteiger charge is -2.39. The normalized spacial score (nSPS) is 13.4. The molecule has 0 spiro atoms. The predicted octanol–water partition coefficient (Wildman–Crippen LogP) is -0.0467. The van der Waals surface area contributed by atoms with Gasteiger partial charge in [-0.3, -0.25) is 0 Å². The number of halogens is 4. The standard InChI is InChI=1S/C10H14F4O4/c1-8(2,5-3-4-6(15)16)10(13,14)9(11,12)7(17)18/h3-5H2,1-2H3,(H,15,16)(H,17,18)/p-2. The van der Waals surface area contributed by atoms with Crippen LogP contribution in [0.2, 0.25) is 0 Å². The van der Waals surface area contributed by atoms with Crippen molar-refractivity contribution in [2.24, 2.45) is 5.41 Å². The van der Waals surface area contributed by atoms with Crippen LogP contribution in [-0.4, -0.2) is 23.8 Å². The van der Waals surface area contributed by atoms with Gasteiger partial charge in [0.2, 0.25) is 0 Å². The van der Waals surface area contributed by atoms with Crippen LogP contribution in [0.5, 0.6) is 0 Å². The number of rotatable bonds is 7. The molecule has 0 aliphatic rings. The number of carbonyl (C=O) groups is 2. The highest BCUT2D eigenvalue weighted by Crippen LogP contribution is 2.49. The van der Waals surface area contributed by atoms with Crippen molar-refractivity contribution < 1.29 is 37.4 Å². The number of carboxylic acids is 2. The van der Waals surface area contributed by atoms with Crippen molar-refractivity contribution in [3.05, 3.63) is 0 Å². The number of aliphatic carboxylic acids is 2. The molecule has 0 aromatic carbocycles. The maximum Gasteiger partial charge on any atom is 0.349 e. The first kappa shape index (κ1) is 16.7. The van der Waals surface area contributed by atoms with Crippen molar-refractivity contribution >= 4 is 11.9 Å². The second kappa shape index (κ2) is 5.11. The first-order valence-electron chi connectivity index (χ1n) is 5.03.